The molecule has 2 fully saturated rings. The van der Waals surface area contributed by atoms with Crippen molar-refractivity contribution in [2.45, 2.75) is 62.8 Å². The van der Waals surface area contributed by atoms with Crippen LogP contribution in [-0.2, 0) is 9.59 Å². The van der Waals surface area contributed by atoms with Gasteiger partial charge < -0.3 is 10.2 Å². The van der Waals surface area contributed by atoms with Crippen LogP contribution < -0.4 is 5.32 Å². The fraction of sp³-hybridized carbons (Fsp3) is 0.857. The summed E-state index contributed by atoms with van der Waals surface area (Å²) in [6, 6.07) is -0.603. The van der Waals surface area contributed by atoms with E-state index in [2.05, 4.69) is 11.6 Å². The number of amides is 2. The number of carbonyl (C=O) groups is 2. The molecule has 2 rings (SSSR count). The lowest BCUT2D eigenvalue weighted by Gasteiger charge is -2.48. The molecule has 1 aliphatic carbocycles. The highest BCUT2D eigenvalue weighted by Gasteiger charge is 2.45. The molecule has 0 bridgehead atoms. The van der Waals surface area contributed by atoms with Crippen LogP contribution in [0.4, 0.5) is 0 Å². The Morgan fingerprint density at radius 3 is 2.42 bits per heavy atom. The van der Waals surface area contributed by atoms with Crippen molar-refractivity contribution in [1.29, 1.82) is 0 Å². The number of thioether (sulfide) groups is 1. The van der Waals surface area contributed by atoms with E-state index in [0.717, 1.165) is 19.4 Å². The van der Waals surface area contributed by atoms with Crippen molar-refractivity contribution in [2.75, 3.05) is 12.8 Å². The Balaban J connectivity index is 2.17. The van der Waals surface area contributed by atoms with Crippen LogP contribution in [0, 0.1) is 0 Å². The Bertz CT molecular complexity index is 363. The zero-order valence-corrected chi connectivity index (χ0v) is 12.9. The van der Waals surface area contributed by atoms with Gasteiger partial charge >= 0.3 is 0 Å². The van der Waals surface area contributed by atoms with E-state index >= 15 is 0 Å². The monoisotopic (exact) mass is 284 g/mol. The molecule has 1 heterocycles. The molecule has 1 saturated heterocycles. The molecule has 5 heteroatoms. The largest absolute Gasteiger partial charge is 0.343 e. The molecule has 1 saturated carbocycles. The van der Waals surface area contributed by atoms with E-state index in [1.54, 1.807) is 0 Å². The number of carbonyl (C=O) groups excluding carboxylic acids is 2. The molecule has 0 aromatic rings. The van der Waals surface area contributed by atoms with Gasteiger partial charge in [-0.25, -0.2) is 0 Å². The van der Waals surface area contributed by atoms with Crippen LogP contribution in [0.5, 0.6) is 0 Å². The summed E-state index contributed by atoms with van der Waals surface area (Å²) < 4.78 is 0.193. The van der Waals surface area contributed by atoms with Crippen LogP contribution in [0.3, 0.4) is 0 Å². The highest BCUT2D eigenvalue weighted by atomic mass is 32.2. The third kappa shape index (κ3) is 2.62. The first-order valence-electron chi connectivity index (χ1n) is 7.23. The first-order valence-corrected chi connectivity index (χ1v) is 8.45. The van der Waals surface area contributed by atoms with Crippen molar-refractivity contribution < 1.29 is 9.59 Å². The molecule has 2 unspecified atom stereocenters. The van der Waals surface area contributed by atoms with Crippen LogP contribution >= 0.6 is 11.8 Å². The molecule has 0 spiro atoms. The molecule has 108 valence electrons. The normalized spacial score (nSPS) is 29.9. The Kier molecular flexibility index (Phi) is 4.43. The van der Waals surface area contributed by atoms with Crippen molar-refractivity contribution in [3.05, 3.63) is 0 Å². The Morgan fingerprint density at radius 2 is 2.00 bits per heavy atom. The van der Waals surface area contributed by atoms with Gasteiger partial charge in [-0.1, -0.05) is 20.3 Å². The van der Waals surface area contributed by atoms with Crippen molar-refractivity contribution in [3.8, 4) is 0 Å². The standard InChI is InChI=1S/C14H24N2O2S/c1-4-10-13(18)16(11(5-2)12(17)15-10)9-14(19-3)7-6-8-14/h10-11H,4-9H2,1-3H3,(H,15,17). The zero-order chi connectivity index (χ0) is 14.0. The van der Waals surface area contributed by atoms with E-state index in [4.69, 9.17) is 0 Å². The number of rotatable bonds is 5. The molecule has 4 nitrogen and oxygen atoms in total. The maximum Gasteiger partial charge on any atom is 0.245 e. The van der Waals surface area contributed by atoms with Crippen LogP contribution in [0.2, 0.25) is 0 Å². The third-order valence-electron chi connectivity index (χ3n) is 4.53. The van der Waals surface area contributed by atoms with Gasteiger partial charge in [0.1, 0.15) is 12.1 Å². The second kappa shape index (κ2) is 5.73. The molecule has 0 aromatic carbocycles. The molecule has 19 heavy (non-hydrogen) atoms. The Morgan fingerprint density at radius 1 is 1.32 bits per heavy atom. The second-order valence-corrected chi connectivity index (χ2v) is 6.87. The fourth-order valence-electron chi connectivity index (χ4n) is 3.00. The number of hydrogen-bond donors (Lipinski definition) is 1. The molecular weight excluding hydrogens is 260 g/mol. The smallest absolute Gasteiger partial charge is 0.245 e. The van der Waals surface area contributed by atoms with E-state index in [1.165, 1.54) is 6.42 Å². The minimum Gasteiger partial charge on any atom is -0.343 e. The minimum absolute atomic E-state index is 0.0181. The predicted octanol–water partition coefficient (Wildman–Crippen LogP) is 1.79. The SMILES string of the molecule is CCC1NC(=O)C(CC)N(CC2(SC)CCC2)C1=O. The molecule has 2 atom stereocenters. The van der Waals surface area contributed by atoms with Crippen molar-refractivity contribution >= 4 is 23.6 Å². The van der Waals surface area contributed by atoms with E-state index in [0.29, 0.717) is 12.8 Å². The van der Waals surface area contributed by atoms with E-state index < -0.39 is 0 Å². The number of piperazine rings is 1. The van der Waals surface area contributed by atoms with Crippen LogP contribution in [-0.4, -0.2) is 46.3 Å². The van der Waals surface area contributed by atoms with Crippen molar-refractivity contribution in [2.24, 2.45) is 0 Å². The minimum atomic E-state index is -0.325. The quantitative estimate of drug-likeness (QED) is 0.837. The summed E-state index contributed by atoms with van der Waals surface area (Å²) in [4.78, 5) is 26.5. The molecule has 1 N–H and O–H groups in total. The lowest BCUT2D eigenvalue weighted by molar-refractivity contribution is -0.150. The fourth-order valence-corrected chi connectivity index (χ4v) is 3.97. The molecule has 0 radical (unpaired) electrons. The second-order valence-electron chi connectivity index (χ2n) is 5.60. The first-order chi connectivity index (χ1) is 9.06. The summed E-state index contributed by atoms with van der Waals surface area (Å²) in [5.74, 6) is 0.124. The van der Waals surface area contributed by atoms with Gasteiger partial charge in [0, 0.05) is 11.3 Å². The van der Waals surface area contributed by atoms with Gasteiger partial charge in [-0.15, -0.1) is 0 Å². The number of nitrogens with one attached hydrogen (secondary N) is 1. The summed E-state index contributed by atoms with van der Waals surface area (Å²) in [5, 5.41) is 2.85. The summed E-state index contributed by atoms with van der Waals surface area (Å²) in [5.41, 5.74) is 0. The summed E-state index contributed by atoms with van der Waals surface area (Å²) in [6.45, 7) is 4.65. The molecule has 2 aliphatic rings. The maximum absolute atomic E-state index is 12.5. The van der Waals surface area contributed by atoms with Crippen LogP contribution in [0.1, 0.15) is 46.0 Å². The van der Waals surface area contributed by atoms with E-state index in [9.17, 15) is 9.59 Å². The highest BCUT2D eigenvalue weighted by molar-refractivity contribution is 8.00. The van der Waals surface area contributed by atoms with Crippen LogP contribution in [0.15, 0.2) is 0 Å². The maximum atomic E-state index is 12.5. The van der Waals surface area contributed by atoms with Gasteiger partial charge in [-0.2, -0.15) is 11.8 Å². The van der Waals surface area contributed by atoms with Crippen LogP contribution in [0.25, 0.3) is 0 Å². The van der Waals surface area contributed by atoms with Gasteiger partial charge in [-0.3, -0.25) is 9.59 Å². The van der Waals surface area contributed by atoms with Gasteiger partial charge in [0.15, 0.2) is 0 Å². The Labute approximate surface area is 119 Å². The number of hydrogen-bond acceptors (Lipinski definition) is 3. The van der Waals surface area contributed by atoms with Gasteiger partial charge in [-0.05, 0) is 31.9 Å². The molecule has 2 amide bonds. The predicted molar refractivity (Wildman–Crippen MR) is 78.1 cm³/mol. The van der Waals surface area contributed by atoms with Gasteiger partial charge in [0.05, 0.1) is 0 Å². The molecular formula is C14H24N2O2S. The zero-order valence-electron chi connectivity index (χ0n) is 12.1. The van der Waals surface area contributed by atoms with Crippen molar-refractivity contribution in [3.63, 3.8) is 0 Å². The lowest BCUT2D eigenvalue weighted by atomic mass is 9.83. The molecule has 1 aliphatic heterocycles. The summed E-state index contributed by atoms with van der Waals surface area (Å²) >= 11 is 1.85. The van der Waals surface area contributed by atoms with E-state index in [-0.39, 0.29) is 28.6 Å². The molecule has 0 aromatic heterocycles. The average molecular weight is 284 g/mol. The third-order valence-corrected chi connectivity index (χ3v) is 5.93. The lowest BCUT2D eigenvalue weighted by Crippen LogP contribution is -2.65. The first kappa shape index (κ1) is 14.7. The Hall–Kier alpha value is -0.710. The topological polar surface area (TPSA) is 49.4 Å². The van der Waals surface area contributed by atoms with Gasteiger partial charge in [0.25, 0.3) is 0 Å². The summed E-state index contributed by atoms with van der Waals surface area (Å²) in [6.07, 6.45) is 7.04. The highest BCUT2D eigenvalue weighted by Crippen LogP contribution is 2.44. The van der Waals surface area contributed by atoms with Crippen molar-refractivity contribution in [1.82, 2.24) is 10.2 Å². The van der Waals surface area contributed by atoms with Gasteiger partial charge in [0.2, 0.25) is 11.8 Å². The average Bonchev–Trinajstić information content (AvgIpc) is 2.37. The summed E-state index contributed by atoms with van der Waals surface area (Å²) in [7, 11) is 0. The van der Waals surface area contributed by atoms with E-state index in [1.807, 2.05) is 30.5 Å². The number of nitrogens with zero attached hydrogens (tertiary/aromatic N) is 1.